The molecule has 1 amide bonds. The summed E-state index contributed by atoms with van der Waals surface area (Å²) in [4.78, 5) is 12.4. The highest BCUT2D eigenvalue weighted by molar-refractivity contribution is 6.02. The number of hydrogen-bond acceptors (Lipinski definition) is 2. The summed E-state index contributed by atoms with van der Waals surface area (Å²) in [6.45, 7) is 6.54. The maximum absolute atomic E-state index is 12.4. The largest absolute Gasteiger partial charge is 0.455 e. The van der Waals surface area contributed by atoms with Gasteiger partial charge in [0.1, 0.15) is 5.75 Å². The number of ether oxygens (including phenoxy) is 1. The Balaban J connectivity index is 1.67. The van der Waals surface area contributed by atoms with E-state index in [1.807, 2.05) is 72.8 Å². The van der Waals surface area contributed by atoms with Crippen molar-refractivity contribution in [2.75, 3.05) is 5.32 Å². The molecule has 0 heterocycles. The highest BCUT2D eigenvalue weighted by Crippen LogP contribution is 2.29. The van der Waals surface area contributed by atoms with E-state index in [4.69, 9.17) is 4.74 Å². The highest BCUT2D eigenvalue weighted by atomic mass is 16.5. The first kappa shape index (κ1) is 19.4. The minimum absolute atomic E-state index is 0.113. The van der Waals surface area contributed by atoms with Crippen LogP contribution in [-0.4, -0.2) is 5.91 Å². The zero-order chi connectivity index (χ0) is 20.0. The van der Waals surface area contributed by atoms with Crippen LogP contribution < -0.4 is 10.1 Å². The van der Waals surface area contributed by atoms with Crippen LogP contribution in [0.4, 0.5) is 5.69 Å². The number of carbonyl (C=O) groups excluding carboxylic acids is 1. The van der Waals surface area contributed by atoms with Gasteiger partial charge in [-0.15, -0.1) is 0 Å². The van der Waals surface area contributed by atoms with Crippen molar-refractivity contribution < 1.29 is 9.53 Å². The van der Waals surface area contributed by atoms with Gasteiger partial charge >= 0.3 is 0 Å². The van der Waals surface area contributed by atoms with Gasteiger partial charge < -0.3 is 10.1 Å². The lowest BCUT2D eigenvalue weighted by atomic mass is 9.87. The van der Waals surface area contributed by atoms with Crippen LogP contribution in [0.25, 0.3) is 6.08 Å². The van der Waals surface area contributed by atoms with Crippen molar-refractivity contribution in [1.29, 1.82) is 0 Å². The van der Waals surface area contributed by atoms with Gasteiger partial charge in [0.25, 0.3) is 0 Å². The van der Waals surface area contributed by atoms with Crippen molar-refractivity contribution in [1.82, 2.24) is 0 Å². The molecule has 0 aromatic heterocycles. The third kappa shape index (κ3) is 5.34. The zero-order valence-corrected chi connectivity index (χ0v) is 16.5. The Bertz CT molecular complexity index is 952. The molecular formula is C25H25NO2. The molecule has 142 valence electrons. The Hall–Kier alpha value is -3.33. The molecule has 0 bridgehead atoms. The molecule has 3 aromatic carbocycles. The lowest BCUT2D eigenvalue weighted by molar-refractivity contribution is -0.111. The van der Waals surface area contributed by atoms with Gasteiger partial charge in [-0.3, -0.25) is 4.79 Å². The summed E-state index contributed by atoms with van der Waals surface area (Å²) in [6.07, 6.45) is 3.34. The number of rotatable bonds is 5. The van der Waals surface area contributed by atoms with Gasteiger partial charge in [-0.2, -0.15) is 0 Å². The van der Waals surface area contributed by atoms with Gasteiger partial charge in [0, 0.05) is 6.08 Å². The number of anilines is 1. The summed E-state index contributed by atoms with van der Waals surface area (Å²) in [5.41, 5.74) is 2.99. The second-order valence-corrected chi connectivity index (χ2v) is 7.61. The van der Waals surface area contributed by atoms with E-state index in [1.165, 1.54) is 11.6 Å². The molecule has 0 spiro atoms. The van der Waals surface area contributed by atoms with Crippen molar-refractivity contribution in [3.05, 3.63) is 96.1 Å². The monoisotopic (exact) mass is 371 g/mol. The third-order valence-corrected chi connectivity index (χ3v) is 4.32. The second-order valence-electron chi connectivity index (χ2n) is 7.61. The van der Waals surface area contributed by atoms with Crippen LogP contribution in [0.2, 0.25) is 0 Å². The topological polar surface area (TPSA) is 38.3 Å². The molecule has 3 aromatic rings. The van der Waals surface area contributed by atoms with Gasteiger partial charge in [0.2, 0.25) is 5.91 Å². The van der Waals surface area contributed by atoms with Crippen molar-refractivity contribution in [3.8, 4) is 11.5 Å². The molecule has 0 fully saturated rings. The average molecular weight is 371 g/mol. The highest BCUT2D eigenvalue weighted by Gasteiger charge is 2.12. The third-order valence-electron chi connectivity index (χ3n) is 4.32. The molecule has 0 radical (unpaired) electrons. The summed E-state index contributed by atoms with van der Waals surface area (Å²) < 4.78 is 5.88. The van der Waals surface area contributed by atoms with Crippen LogP contribution in [-0.2, 0) is 10.2 Å². The summed E-state index contributed by atoms with van der Waals surface area (Å²) in [7, 11) is 0. The molecule has 0 aliphatic heterocycles. The maximum atomic E-state index is 12.4. The Morgan fingerprint density at radius 3 is 2.18 bits per heavy atom. The number of para-hydroxylation sites is 3. The van der Waals surface area contributed by atoms with Gasteiger partial charge in [-0.1, -0.05) is 75.4 Å². The Morgan fingerprint density at radius 1 is 0.857 bits per heavy atom. The fourth-order valence-corrected chi connectivity index (χ4v) is 2.71. The predicted octanol–water partition coefficient (Wildman–Crippen LogP) is 6.43. The van der Waals surface area contributed by atoms with E-state index in [2.05, 4.69) is 38.2 Å². The van der Waals surface area contributed by atoms with Crippen molar-refractivity contribution >= 4 is 17.7 Å². The van der Waals surface area contributed by atoms with Gasteiger partial charge in [0.05, 0.1) is 5.69 Å². The van der Waals surface area contributed by atoms with E-state index in [-0.39, 0.29) is 11.3 Å². The van der Waals surface area contributed by atoms with Gasteiger partial charge in [-0.05, 0) is 46.9 Å². The molecule has 1 N–H and O–H groups in total. The average Bonchev–Trinajstić information content (AvgIpc) is 2.68. The maximum Gasteiger partial charge on any atom is 0.248 e. The summed E-state index contributed by atoms with van der Waals surface area (Å²) in [5.74, 6) is 1.12. The zero-order valence-electron chi connectivity index (χ0n) is 16.5. The fourth-order valence-electron chi connectivity index (χ4n) is 2.71. The van der Waals surface area contributed by atoms with Crippen LogP contribution in [0.1, 0.15) is 31.9 Å². The number of carbonyl (C=O) groups is 1. The van der Waals surface area contributed by atoms with E-state index in [0.717, 1.165) is 11.3 Å². The normalized spacial score (nSPS) is 11.4. The summed E-state index contributed by atoms with van der Waals surface area (Å²) in [6, 6.07) is 25.1. The van der Waals surface area contributed by atoms with Gasteiger partial charge in [0.15, 0.2) is 5.75 Å². The van der Waals surface area contributed by atoms with E-state index < -0.39 is 0 Å². The Kier molecular flexibility index (Phi) is 5.95. The van der Waals surface area contributed by atoms with Crippen LogP contribution in [0.15, 0.2) is 84.9 Å². The smallest absolute Gasteiger partial charge is 0.248 e. The quantitative estimate of drug-likeness (QED) is 0.525. The van der Waals surface area contributed by atoms with Crippen LogP contribution in [0.3, 0.4) is 0 Å². The molecule has 0 saturated carbocycles. The molecule has 3 rings (SSSR count). The van der Waals surface area contributed by atoms with E-state index in [0.29, 0.717) is 11.4 Å². The number of nitrogens with one attached hydrogen (secondary N) is 1. The molecule has 28 heavy (non-hydrogen) atoms. The van der Waals surface area contributed by atoms with Crippen molar-refractivity contribution in [2.45, 2.75) is 26.2 Å². The van der Waals surface area contributed by atoms with E-state index in [9.17, 15) is 4.79 Å². The predicted molar refractivity (Wildman–Crippen MR) is 116 cm³/mol. The minimum Gasteiger partial charge on any atom is -0.455 e. The number of benzene rings is 3. The lowest BCUT2D eigenvalue weighted by Gasteiger charge is -2.18. The second kappa shape index (κ2) is 8.57. The molecule has 0 atom stereocenters. The SMILES string of the molecule is CC(C)(C)c1ccc(C=CC(=O)Nc2ccccc2Oc2ccccc2)cc1. The Morgan fingerprint density at radius 2 is 1.50 bits per heavy atom. The minimum atomic E-state index is -0.205. The van der Waals surface area contributed by atoms with Crippen molar-refractivity contribution in [3.63, 3.8) is 0 Å². The molecule has 3 heteroatoms. The summed E-state index contributed by atoms with van der Waals surface area (Å²) >= 11 is 0. The molecule has 0 unspecified atom stereocenters. The molecule has 0 aliphatic rings. The first-order valence-corrected chi connectivity index (χ1v) is 9.33. The van der Waals surface area contributed by atoms with E-state index >= 15 is 0 Å². The van der Waals surface area contributed by atoms with Gasteiger partial charge in [-0.25, -0.2) is 0 Å². The molecular weight excluding hydrogens is 346 g/mol. The van der Waals surface area contributed by atoms with Crippen LogP contribution in [0.5, 0.6) is 11.5 Å². The molecule has 0 aliphatic carbocycles. The van der Waals surface area contributed by atoms with Crippen LogP contribution in [0, 0.1) is 0 Å². The van der Waals surface area contributed by atoms with Crippen LogP contribution >= 0.6 is 0 Å². The number of amides is 1. The first-order valence-electron chi connectivity index (χ1n) is 9.33. The Labute approximate surface area is 166 Å². The lowest BCUT2D eigenvalue weighted by Crippen LogP contribution is -2.10. The molecule has 3 nitrogen and oxygen atoms in total. The molecule has 0 saturated heterocycles. The first-order chi connectivity index (χ1) is 13.4. The standard InChI is InChI=1S/C25H25NO2/c1-25(2,3)20-16-13-19(14-17-20)15-18-24(27)26-22-11-7-8-12-23(22)28-21-9-5-4-6-10-21/h4-18H,1-3H3,(H,26,27). The van der Waals surface area contributed by atoms with Crippen molar-refractivity contribution in [2.24, 2.45) is 0 Å². The fraction of sp³-hybridized carbons (Fsp3) is 0.160. The number of hydrogen-bond donors (Lipinski definition) is 1. The summed E-state index contributed by atoms with van der Waals surface area (Å²) in [5, 5.41) is 2.89. The van der Waals surface area contributed by atoms with E-state index in [1.54, 1.807) is 0 Å².